The van der Waals surface area contributed by atoms with Gasteiger partial charge in [-0.25, -0.2) is 4.79 Å². The van der Waals surface area contributed by atoms with Gasteiger partial charge in [-0.05, 0) is 22.4 Å². The minimum absolute atomic E-state index is 0.0986. The van der Waals surface area contributed by atoms with Crippen LogP contribution in [0.2, 0.25) is 0 Å². The number of rotatable bonds is 3. The van der Waals surface area contributed by atoms with E-state index >= 15 is 0 Å². The standard InChI is InChI=1S/C19H17NO3/c1-20-19(22)23-18(14-8-3-2-4-9-14)17-15-10-6-5-7-13(15)11-12-16(17)21/h2-12,18,21H,1H3,(H,20,22). The molecule has 2 N–H and O–H groups in total. The number of carbonyl (C=O) groups is 1. The quantitative estimate of drug-likeness (QED) is 0.769. The third-order valence-corrected chi connectivity index (χ3v) is 3.74. The van der Waals surface area contributed by atoms with E-state index in [9.17, 15) is 9.90 Å². The molecule has 3 aromatic rings. The number of phenols is 1. The molecule has 1 unspecified atom stereocenters. The third-order valence-electron chi connectivity index (χ3n) is 3.74. The van der Waals surface area contributed by atoms with E-state index < -0.39 is 12.2 Å². The van der Waals surface area contributed by atoms with Gasteiger partial charge in [0, 0.05) is 12.6 Å². The summed E-state index contributed by atoms with van der Waals surface area (Å²) in [7, 11) is 1.51. The summed E-state index contributed by atoms with van der Waals surface area (Å²) in [6.07, 6.45) is -1.24. The molecule has 116 valence electrons. The molecule has 4 nitrogen and oxygen atoms in total. The zero-order chi connectivity index (χ0) is 16.2. The highest BCUT2D eigenvalue weighted by Gasteiger charge is 2.23. The largest absolute Gasteiger partial charge is 0.507 e. The molecule has 4 heteroatoms. The van der Waals surface area contributed by atoms with Crippen LogP contribution in [-0.4, -0.2) is 18.2 Å². The van der Waals surface area contributed by atoms with Gasteiger partial charge in [0.2, 0.25) is 0 Å². The Morgan fingerprint density at radius 3 is 2.43 bits per heavy atom. The fraction of sp³-hybridized carbons (Fsp3) is 0.105. The van der Waals surface area contributed by atoms with Crippen molar-refractivity contribution in [3.05, 3.63) is 77.9 Å². The molecule has 0 saturated carbocycles. The summed E-state index contributed by atoms with van der Waals surface area (Å²) in [5.74, 6) is 0.0986. The molecule has 0 radical (unpaired) electrons. The number of alkyl carbamates (subject to hydrolysis) is 1. The van der Waals surface area contributed by atoms with Gasteiger partial charge < -0.3 is 15.2 Å². The average Bonchev–Trinajstić information content (AvgIpc) is 2.60. The number of fused-ring (bicyclic) bond motifs is 1. The Balaban J connectivity index is 2.21. The molecular formula is C19H17NO3. The molecule has 3 rings (SSSR count). The summed E-state index contributed by atoms with van der Waals surface area (Å²) in [5.41, 5.74) is 1.38. The molecule has 0 aromatic heterocycles. The highest BCUT2D eigenvalue weighted by Crippen LogP contribution is 2.37. The van der Waals surface area contributed by atoms with Crippen LogP contribution in [0.4, 0.5) is 4.79 Å². The fourth-order valence-corrected chi connectivity index (χ4v) is 2.65. The Morgan fingerprint density at radius 1 is 1.00 bits per heavy atom. The maximum Gasteiger partial charge on any atom is 0.407 e. The van der Waals surface area contributed by atoms with E-state index in [0.29, 0.717) is 5.56 Å². The third kappa shape index (κ3) is 2.97. The molecule has 1 amide bonds. The lowest BCUT2D eigenvalue weighted by molar-refractivity contribution is 0.118. The monoisotopic (exact) mass is 307 g/mol. The van der Waals surface area contributed by atoms with Crippen molar-refractivity contribution in [3.63, 3.8) is 0 Å². The van der Waals surface area contributed by atoms with Gasteiger partial charge in [0.25, 0.3) is 0 Å². The van der Waals surface area contributed by atoms with Crippen LogP contribution in [0, 0.1) is 0 Å². The van der Waals surface area contributed by atoms with E-state index in [1.54, 1.807) is 6.07 Å². The second-order valence-electron chi connectivity index (χ2n) is 5.17. The fourth-order valence-electron chi connectivity index (χ4n) is 2.65. The molecule has 0 fully saturated rings. The summed E-state index contributed by atoms with van der Waals surface area (Å²) < 4.78 is 5.55. The van der Waals surface area contributed by atoms with Gasteiger partial charge in [0.15, 0.2) is 6.10 Å². The molecule has 23 heavy (non-hydrogen) atoms. The second-order valence-corrected chi connectivity index (χ2v) is 5.17. The summed E-state index contributed by atoms with van der Waals surface area (Å²) in [6, 6.07) is 20.5. The molecule has 0 aliphatic rings. The summed E-state index contributed by atoms with van der Waals surface area (Å²) in [6.45, 7) is 0. The Hall–Kier alpha value is -3.01. The summed E-state index contributed by atoms with van der Waals surface area (Å²) in [5, 5.41) is 14.7. The Bertz CT molecular complexity index is 830. The normalized spacial score (nSPS) is 11.9. The number of hydrogen-bond acceptors (Lipinski definition) is 3. The van der Waals surface area contributed by atoms with Crippen LogP contribution in [-0.2, 0) is 4.74 Å². The van der Waals surface area contributed by atoms with Crippen LogP contribution >= 0.6 is 0 Å². The number of amides is 1. The first kappa shape index (κ1) is 14.9. The Morgan fingerprint density at radius 2 is 1.70 bits per heavy atom. The van der Waals surface area contributed by atoms with Crippen molar-refractivity contribution in [2.24, 2.45) is 0 Å². The van der Waals surface area contributed by atoms with Crippen LogP contribution < -0.4 is 5.32 Å². The molecule has 0 spiro atoms. The predicted molar refractivity (Wildman–Crippen MR) is 89.4 cm³/mol. The van der Waals surface area contributed by atoms with E-state index in [-0.39, 0.29) is 5.75 Å². The van der Waals surface area contributed by atoms with Crippen LogP contribution in [0.1, 0.15) is 17.2 Å². The minimum atomic E-state index is -0.692. The van der Waals surface area contributed by atoms with Gasteiger partial charge >= 0.3 is 6.09 Å². The molecule has 0 saturated heterocycles. The lowest BCUT2D eigenvalue weighted by Gasteiger charge is -2.21. The average molecular weight is 307 g/mol. The topological polar surface area (TPSA) is 58.6 Å². The van der Waals surface area contributed by atoms with E-state index in [2.05, 4.69) is 5.32 Å². The molecule has 0 aliphatic heterocycles. The van der Waals surface area contributed by atoms with Crippen molar-refractivity contribution in [1.82, 2.24) is 5.32 Å². The van der Waals surface area contributed by atoms with Gasteiger partial charge in [-0.15, -0.1) is 0 Å². The van der Waals surface area contributed by atoms with Gasteiger partial charge in [-0.2, -0.15) is 0 Å². The number of phenolic OH excluding ortho intramolecular Hbond substituents is 1. The maximum absolute atomic E-state index is 11.8. The smallest absolute Gasteiger partial charge is 0.407 e. The number of hydrogen-bond donors (Lipinski definition) is 2. The van der Waals surface area contributed by atoms with Crippen molar-refractivity contribution in [3.8, 4) is 5.75 Å². The van der Waals surface area contributed by atoms with Crippen molar-refractivity contribution < 1.29 is 14.6 Å². The van der Waals surface area contributed by atoms with Crippen molar-refractivity contribution >= 4 is 16.9 Å². The molecule has 1 atom stereocenters. The Labute approximate surface area is 134 Å². The summed E-state index contributed by atoms with van der Waals surface area (Å²) in [4.78, 5) is 11.8. The molecule has 3 aromatic carbocycles. The number of carbonyl (C=O) groups excluding carboxylic acids is 1. The minimum Gasteiger partial charge on any atom is -0.507 e. The molecular weight excluding hydrogens is 290 g/mol. The first-order chi connectivity index (χ1) is 11.2. The van der Waals surface area contributed by atoms with Gasteiger partial charge in [0.05, 0.1) is 0 Å². The number of nitrogens with one attached hydrogen (secondary N) is 1. The van der Waals surface area contributed by atoms with Crippen molar-refractivity contribution in [2.75, 3.05) is 7.05 Å². The number of benzene rings is 3. The molecule has 0 bridgehead atoms. The second kappa shape index (κ2) is 6.40. The van der Waals surface area contributed by atoms with Gasteiger partial charge in [0.1, 0.15) is 5.75 Å². The van der Waals surface area contributed by atoms with E-state index in [0.717, 1.165) is 16.3 Å². The first-order valence-corrected chi connectivity index (χ1v) is 7.34. The highest BCUT2D eigenvalue weighted by atomic mass is 16.6. The summed E-state index contributed by atoms with van der Waals surface area (Å²) >= 11 is 0. The van der Waals surface area contributed by atoms with E-state index in [1.807, 2.05) is 60.7 Å². The zero-order valence-electron chi connectivity index (χ0n) is 12.7. The maximum atomic E-state index is 11.8. The zero-order valence-corrected chi connectivity index (χ0v) is 12.7. The SMILES string of the molecule is CNC(=O)OC(c1ccccc1)c1c(O)ccc2ccccc12. The first-order valence-electron chi connectivity index (χ1n) is 7.34. The predicted octanol–water partition coefficient (Wildman–Crippen LogP) is 3.99. The highest BCUT2D eigenvalue weighted by molar-refractivity contribution is 5.88. The lowest BCUT2D eigenvalue weighted by atomic mass is 9.95. The van der Waals surface area contributed by atoms with Crippen LogP contribution in [0.25, 0.3) is 10.8 Å². The van der Waals surface area contributed by atoms with E-state index in [1.165, 1.54) is 7.05 Å². The van der Waals surface area contributed by atoms with Crippen molar-refractivity contribution in [2.45, 2.75) is 6.10 Å². The van der Waals surface area contributed by atoms with Crippen molar-refractivity contribution in [1.29, 1.82) is 0 Å². The molecule has 0 heterocycles. The Kier molecular flexibility index (Phi) is 4.15. The van der Waals surface area contributed by atoms with Crippen LogP contribution in [0.15, 0.2) is 66.7 Å². The van der Waals surface area contributed by atoms with E-state index in [4.69, 9.17) is 4.74 Å². The number of aromatic hydroxyl groups is 1. The number of ether oxygens (including phenoxy) is 1. The van der Waals surface area contributed by atoms with Gasteiger partial charge in [-0.1, -0.05) is 60.7 Å². The molecule has 0 aliphatic carbocycles. The van der Waals surface area contributed by atoms with Crippen LogP contribution in [0.3, 0.4) is 0 Å². The lowest BCUT2D eigenvalue weighted by Crippen LogP contribution is -2.22. The van der Waals surface area contributed by atoms with Crippen LogP contribution in [0.5, 0.6) is 5.75 Å². The van der Waals surface area contributed by atoms with Gasteiger partial charge in [-0.3, -0.25) is 0 Å².